The average Bonchev–Trinajstić information content (AvgIpc) is 3.14. The van der Waals surface area contributed by atoms with Crippen molar-refractivity contribution in [3.8, 4) is 0 Å². The third-order valence-electron chi connectivity index (χ3n) is 5.19. The number of thiophene rings is 1. The Morgan fingerprint density at radius 2 is 2.27 bits per heavy atom. The van der Waals surface area contributed by atoms with E-state index in [0.717, 1.165) is 25.5 Å². The van der Waals surface area contributed by atoms with Gasteiger partial charge >= 0.3 is 0 Å². The highest BCUT2D eigenvalue weighted by molar-refractivity contribution is 7.91. The number of guanidine groups is 1. The van der Waals surface area contributed by atoms with Gasteiger partial charge in [0.2, 0.25) is 0 Å². The highest BCUT2D eigenvalue weighted by atomic mass is 32.2. The van der Waals surface area contributed by atoms with Crippen LogP contribution in [0.4, 0.5) is 0 Å². The molecule has 26 heavy (non-hydrogen) atoms. The van der Waals surface area contributed by atoms with Crippen LogP contribution in [0.15, 0.2) is 22.5 Å². The molecule has 2 aliphatic rings. The summed E-state index contributed by atoms with van der Waals surface area (Å²) in [5.41, 5.74) is 0.264. The first-order valence-electron chi connectivity index (χ1n) is 9.48. The fourth-order valence-electron chi connectivity index (χ4n) is 4.28. The smallest absolute Gasteiger partial charge is 0.194 e. The Morgan fingerprint density at radius 3 is 2.88 bits per heavy atom. The topological polar surface area (TPSA) is 61.8 Å². The van der Waals surface area contributed by atoms with Crippen molar-refractivity contribution in [1.82, 2.24) is 10.2 Å². The lowest BCUT2D eigenvalue weighted by molar-refractivity contribution is 0.129. The van der Waals surface area contributed by atoms with E-state index >= 15 is 0 Å². The molecule has 1 aromatic heterocycles. The van der Waals surface area contributed by atoms with Crippen molar-refractivity contribution in [1.29, 1.82) is 0 Å². The van der Waals surface area contributed by atoms with Crippen LogP contribution in [0, 0.1) is 17.3 Å². The largest absolute Gasteiger partial charge is 0.356 e. The summed E-state index contributed by atoms with van der Waals surface area (Å²) in [6.45, 7) is 10.3. The first-order valence-corrected chi connectivity index (χ1v) is 12.2. The summed E-state index contributed by atoms with van der Waals surface area (Å²) in [7, 11) is -2.84. The fraction of sp³-hybridized carbons (Fsp3) is 0.737. The van der Waals surface area contributed by atoms with Crippen LogP contribution in [-0.4, -0.2) is 50.4 Å². The number of sulfone groups is 1. The van der Waals surface area contributed by atoms with Gasteiger partial charge in [-0.1, -0.05) is 26.8 Å². The Kier molecular flexibility index (Phi) is 5.97. The summed E-state index contributed by atoms with van der Waals surface area (Å²) in [4.78, 5) is 8.49. The van der Waals surface area contributed by atoms with E-state index in [1.54, 1.807) is 11.3 Å². The molecule has 3 heterocycles. The highest BCUT2D eigenvalue weighted by Gasteiger charge is 2.33. The van der Waals surface area contributed by atoms with Crippen LogP contribution in [0.5, 0.6) is 0 Å². The van der Waals surface area contributed by atoms with E-state index in [1.807, 2.05) is 0 Å². The van der Waals surface area contributed by atoms with Gasteiger partial charge in [0.1, 0.15) is 0 Å². The molecule has 2 aliphatic heterocycles. The van der Waals surface area contributed by atoms with Gasteiger partial charge in [0.05, 0.1) is 18.1 Å². The second kappa shape index (κ2) is 7.89. The van der Waals surface area contributed by atoms with Crippen molar-refractivity contribution in [2.24, 2.45) is 22.2 Å². The maximum atomic E-state index is 11.7. The Labute approximate surface area is 161 Å². The van der Waals surface area contributed by atoms with E-state index in [9.17, 15) is 8.42 Å². The van der Waals surface area contributed by atoms with Crippen molar-refractivity contribution in [3.05, 3.63) is 22.4 Å². The van der Waals surface area contributed by atoms with Gasteiger partial charge in [0.15, 0.2) is 15.8 Å². The molecule has 0 aromatic carbocycles. The van der Waals surface area contributed by atoms with Crippen LogP contribution >= 0.6 is 11.3 Å². The molecule has 2 fully saturated rings. The van der Waals surface area contributed by atoms with Gasteiger partial charge < -0.3 is 10.2 Å². The fourth-order valence-corrected chi connectivity index (χ4v) is 6.77. The lowest BCUT2D eigenvalue weighted by Gasteiger charge is -2.43. The van der Waals surface area contributed by atoms with E-state index in [2.05, 4.69) is 48.5 Å². The minimum absolute atomic E-state index is 0.196. The predicted molar refractivity (Wildman–Crippen MR) is 109 cm³/mol. The van der Waals surface area contributed by atoms with Crippen molar-refractivity contribution >= 4 is 27.1 Å². The third-order valence-corrected chi connectivity index (χ3v) is 7.89. The first kappa shape index (κ1) is 19.7. The standard InChI is InChI=1S/C19H31N3O2S2/c1-15-9-19(2,3)14-22(12-15)18(21-11-17-5-4-7-25-17)20-10-16-6-8-26(23,24)13-16/h4-5,7,15-16H,6,8-14H2,1-3H3,(H,20,21). The molecule has 0 radical (unpaired) electrons. The molecule has 0 aliphatic carbocycles. The number of nitrogens with zero attached hydrogens (tertiary/aromatic N) is 2. The molecule has 0 amide bonds. The summed E-state index contributed by atoms with van der Waals surface area (Å²) in [6.07, 6.45) is 1.98. The predicted octanol–water partition coefficient (Wildman–Crippen LogP) is 3.00. The SMILES string of the molecule is CC1CN(C(=NCc2cccs2)NCC2CCS(=O)(=O)C2)CC(C)(C)C1. The van der Waals surface area contributed by atoms with Gasteiger partial charge in [0, 0.05) is 24.5 Å². The summed E-state index contributed by atoms with van der Waals surface area (Å²) < 4.78 is 23.5. The van der Waals surface area contributed by atoms with Crippen LogP contribution in [0.1, 0.15) is 38.5 Å². The normalized spacial score (nSPS) is 28.3. The Balaban J connectivity index is 1.70. The van der Waals surface area contributed by atoms with Crippen LogP contribution in [0.25, 0.3) is 0 Å². The summed E-state index contributed by atoms with van der Waals surface area (Å²) in [5.74, 6) is 2.39. The molecule has 0 saturated carbocycles. The molecule has 2 atom stereocenters. The quantitative estimate of drug-likeness (QED) is 0.627. The number of aliphatic imine (C=N–C) groups is 1. The molecule has 146 valence electrons. The molecule has 1 N–H and O–H groups in total. The molecule has 1 aromatic rings. The zero-order valence-electron chi connectivity index (χ0n) is 16.1. The zero-order valence-corrected chi connectivity index (χ0v) is 17.7. The molecular formula is C19H31N3O2S2. The molecule has 3 rings (SSSR count). The van der Waals surface area contributed by atoms with Gasteiger partial charge in [-0.05, 0) is 41.5 Å². The summed E-state index contributed by atoms with van der Waals surface area (Å²) in [5, 5.41) is 5.58. The molecule has 7 heteroatoms. The zero-order chi connectivity index (χ0) is 18.8. The summed E-state index contributed by atoms with van der Waals surface area (Å²) in [6, 6.07) is 4.16. The van der Waals surface area contributed by atoms with Gasteiger partial charge in [-0.3, -0.25) is 0 Å². The maximum absolute atomic E-state index is 11.7. The molecule has 0 spiro atoms. The first-order chi connectivity index (χ1) is 12.2. The van der Waals surface area contributed by atoms with Crippen LogP contribution in [-0.2, 0) is 16.4 Å². The molecule has 2 saturated heterocycles. The lowest BCUT2D eigenvalue weighted by Crippen LogP contribution is -2.52. The van der Waals surface area contributed by atoms with Crippen molar-refractivity contribution in [3.63, 3.8) is 0 Å². The number of likely N-dealkylation sites (tertiary alicyclic amines) is 1. The van der Waals surface area contributed by atoms with Crippen molar-refractivity contribution < 1.29 is 8.42 Å². The molecule has 2 unspecified atom stereocenters. The minimum Gasteiger partial charge on any atom is -0.356 e. The van der Waals surface area contributed by atoms with E-state index < -0.39 is 9.84 Å². The van der Waals surface area contributed by atoms with Gasteiger partial charge in [-0.15, -0.1) is 11.3 Å². The van der Waals surface area contributed by atoms with Crippen LogP contribution < -0.4 is 5.32 Å². The average molecular weight is 398 g/mol. The van der Waals surface area contributed by atoms with Crippen molar-refractivity contribution in [2.75, 3.05) is 31.1 Å². The Morgan fingerprint density at radius 1 is 1.46 bits per heavy atom. The number of hydrogen-bond donors (Lipinski definition) is 1. The second-order valence-electron chi connectivity index (χ2n) is 8.72. The maximum Gasteiger partial charge on any atom is 0.194 e. The van der Waals surface area contributed by atoms with Crippen LogP contribution in [0.3, 0.4) is 0 Å². The number of rotatable bonds is 4. The molecular weight excluding hydrogens is 366 g/mol. The van der Waals surface area contributed by atoms with E-state index in [0.29, 0.717) is 30.5 Å². The Bertz CT molecular complexity index is 726. The monoisotopic (exact) mass is 397 g/mol. The minimum atomic E-state index is -2.84. The van der Waals surface area contributed by atoms with Gasteiger partial charge in [0.25, 0.3) is 0 Å². The van der Waals surface area contributed by atoms with E-state index in [-0.39, 0.29) is 11.3 Å². The van der Waals surface area contributed by atoms with E-state index in [1.165, 1.54) is 11.3 Å². The van der Waals surface area contributed by atoms with Gasteiger partial charge in [-0.25, -0.2) is 13.4 Å². The third kappa shape index (κ3) is 5.46. The number of piperidine rings is 1. The molecule has 5 nitrogen and oxygen atoms in total. The van der Waals surface area contributed by atoms with Gasteiger partial charge in [-0.2, -0.15) is 0 Å². The lowest BCUT2D eigenvalue weighted by atomic mass is 9.79. The van der Waals surface area contributed by atoms with E-state index in [4.69, 9.17) is 4.99 Å². The van der Waals surface area contributed by atoms with Crippen molar-refractivity contribution in [2.45, 2.75) is 40.2 Å². The Hall–Kier alpha value is -1.08. The summed E-state index contributed by atoms with van der Waals surface area (Å²) >= 11 is 1.72. The number of hydrogen-bond acceptors (Lipinski definition) is 4. The second-order valence-corrected chi connectivity index (χ2v) is 12.0. The molecule has 0 bridgehead atoms. The highest BCUT2D eigenvalue weighted by Crippen LogP contribution is 2.32. The van der Waals surface area contributed by atoms with Crippen LogP contribution in [0.2, 0.25) is 0 Å². The number of nitrogens with one attached hydrogen (secondary N) is 1.